The van der Waals surface area contributed by atoms with Gasteiger partial charge in [-0.1, -0.05) is 19.1 Å². The maximum Gasteiger partial charge on any atom is 0.322 e. The number of nitrogens with two attached hydrogens (primary N) is 1. The molecule has 2 atom stereocenters. The fraction of sp³-hybridized carbons (Fsp3) is 0.385. The molecule has 1 unspecified atom stereocenters. The SMILES string of the molecule is CC1CC(=O)N(CCCN[C@@H](CC(N)=O)C(=O)O)N=C1c1ccc(NC(=O)N2Cc3ccncc3C2)cc1.Cl. The van der Waals surface area contributed by atoms with Crippen molar-refractivity contribution in [3.05, 3.63) is 59.4 Å². The lowest BCUT2D eigenvalue weighted by Crippen LogP contribution is -2.42. The summed E-state index contributed by atoms with van der Waals surface area (Å²) < 4.78 is 0. The predicted octanol–water partition coefficient (Wildman–Crippen LogP) is 1.93. The number of hydrogen-bond acceptors (Lipinski definition) is 7. The number of nitrogens with one attached hydrogen (secondary N) is 2. The van der Waals surface area contributed by atoms with Gasteiger partial charge in [-0.25, -0.2) is 9.80 Å². The van der Waals surface area contributed by atoms with Gasteiger partial charge < -0.3 is 26.4 Å². The summed E-state index contributed by atoms with van der Waals surface area (Å²) in [5.74, 6) is -2.06. The van der Waals surface area contributed by atoms with Crippen molar-refractivity contribution in [3.63, 3.8) is 0 Å². The third-order valence-electron chi connectivity index (χ3n) is 6.55. The summed E-state index contributed by atoms with van der Waals surface area (Å²) in [6.45, 7) is 3.57. The number of aliphatic carboxylic acids is 1. The van der Waals surface area contributed by atoms with Gasteiger partial charge in [0.15, 0.2) is 0 Å². The van der Waals surface area contributed by atoms with Crippen LogP contribution < -0.4 is 16.4 Å². The van der Waals surface area contributed by atoms with Gasteiger partial charge >= 0.3 is 12.0 Å². The number of amides is 4. The van der Waals surface area contributed by atoms with E-state index in [0.717, 1.165) is 22.4 Å². The number of pyridine rings is 1. The summed E-state index contributed by atoms with van der Waals surface area (Å²) in [5.41, 5.74) is 9.49. The van der Waals surface area contributed by atoms with Crippen molar-refractivity contribution in [1.29, 1.82) is 0 Å². The molecule has 39 heavy (non-hydrogen) atoms. The highest BCUT2D eigenvalue weighted by atomic mass is 35.5. The summed E-state index contributed by atoms with van der Waals surface area (Å²) in [7, 11) is 0. The Labute approximate surface area is 232 Å². The lowest BCUT2D eigenvalue weighted by molar-refractivity contribution is -0.141. The maximum absolute atomic E-state index is 12.7. The molecule has 0 saturated carbocycles. The van der Waals surface area contributed by atoms with Crippen molar-refractivity contribution in [2.24, 2.45) is 16.8 Å². The minimum absolute atomic E-state index is 0. The van der Waals surface area contributed by atoms with Crippen LogP contribution in [0.15, 0.2) is 47.8 Å². The molecule has 2 aliphatic heterocycles. The molecule has 13 heteroatoms. The van der Waals surface area contributed by atoms with E-state index in [1.807, 2.05) is 37.3 Å². The number of aromatic nitrogens is 1. The second kappa shape index (κ2) is 13.2. The summed E-state index contributed by atoms with van der Waals surface area (Å²) in [6.07, 6.45) is 3.94. The molecule has 1 aromatic heterocycles. The van der Waals surface area contributed by atoms with Gasteiger partial charge in [0.25, 0.3) is 0 Å². The quantitative estimate of drug-likeness (QED) is 0.323. The molecule has 0 aliphatic carbocycles. The maximum atomic E-state index is 12.7. The number of carboxylic acid groups (broad SMARTS) is 1. The molecule has 0 spiro atoms. The summed E-state index contributed by atoms with van der Waals surface area (Å²) >= 11 is 0. The van der Waals surface area contributed by atoms with Gasteiger partial charge in [0.1, 0.15) is 6.04 Å². The van der Waals surface area contributed by atoms with E-state index in [1.165, 1.54) is 5.01 Å². The van der Waals surface area contributed by atoms with Crippen molar-refractivity contribution in [1.82, 2.24) is 20.2 Å². The van der Waals surface area contributed by atoms with Crippen LogP contribution in [0.3, 0.4) is 0 Å². The summed E-state index contributed by atoms with van der Waals surface area (Å²) in [5, 5.41) is 20.8. The Kier molecular flexibility index (Phi) is 9.96. The van der Waals surface area contributed by atoms with Crippen LogP contribution in [0.4, 0.5) is 10.5 Å². The molecular weight excluding hydrogens is 526 g/mol. The normalized spacial score (nSPS) is 17.1. The van der Waals surface area contributed by atoms with E-state index in [1.54, 1.807) is 17.3 Å². The van der Waals surface area contributed by atoms with Crippen molar-refractivity contribution in [2.45, 2.75) is 45.3 Å². The first kappa shape index (κ1) is 29.5. The molecule has 0 saturated heterocycles. The van der Waals surface area contributed by atoms with Gasteiger partial charge in [0.05, 0.1) is 12.1 Å². The number of benzene rings is 1. The number of hydrazone groups is 1. The molecule has 12 nitrogen and oxygen atoms in total. The van der Waals surface area contributed by atoms with Crippen LogP contribution >= 0.6 is 12.4 Å². The van der Waals surface area contributed by atoms with Gasteiger partial charge in [-0.3, -0.25) is 19.4 Å². The van der Waals surface area contributed by atoms with E-state index in [9.17, 15) is 24.3 Å². The average Bonchev–Trinajstić information content (AvgIpc) is 3.32. The molecule has 1 aromatic carbocycles. The molecular formula is C26H32ClN7O5. The van der Waals surface area contributed by atoms with Crippen molar-refractivity contribution in [2.75, 3.05) is 18.4 Å². The lowest BCUT2D eigenvalue weighted by atomic mass is 9.93. The number of rotatable bonds is 10. The average molecular weight is 558 g/mol. The zero-order chi connectivity index (χ0) is 27.2. The Balaban J connectivity index is 0.00000420. The number of anilines is 1. The minimum atomic E-state index is -1.16. The third kappa shape index (κ3) is 7.52. The Hall–Kier alpha value is -4.03. The Bertz CT molecular complexity index is 1230. The molecule has 0 fully saturated rings. The highest BCUT2D eigenvalue weighted by Gasteiger charge is 2.28. The number of carbonyl (C=O) groups excluding carboxylic acids is 3. The predicted molar refractivity (Wildman–Crippen MR) is 146 cm³/mol. The van der Waals surface area contributed by atoms with Gasteiger partial charge in [0, 0.05) is 50.1 Å². The Morgan fingerprint density at radius 1 is 1.15 bits per heavy atom. The number of carbonyl (C=O) groups is 4. The second-order valence-electron chi connectivity index (χ2n) is 9.48. The molecule has 4 amide bonds. The summed E-state index contributed by atoms with van der Waals surface area (Å²) in [6, 6.07) is 8.01. The van der Waals surface area contributed by atoms with E-state index in [2.05, 4.69) is 20.7 Å². The van der Waals surface area contributed by atoms with Crippen molar-refractivity contribution >= 4 is 47.6 Å². The third-order valence-corrected chi connectivity index (χ3v) is 6.55. The highest BCUT2D eigenvalue weighted by Crippen LogP contribution is 2.24. The number of primary amides is 1. The van der Waals surface area contributed by atoms with Crippen LogP contribution in [0, 0.1) is 5.92 Å². The number of fused-ring (bicyclic) bond motifs is 1. The van der Waals surface area contributed by atoms with Crippen LogP contribution in [0.5, 0.6) is 0 Å². The Morgan fingerprint density at radius 3 is 2.54 bits per heavy atom. The molecule has 0 radical (unpaired) electrons. The minimum Gasteiger partial charge on any atom is -0.480 e. The van der Waals surface area contributed by atoms with Gasteiger partial charge in [-0.2, -0.15) is 5.10 Å². The summed E-state index contributed by atoms with van der Waals surface area (Å²) in [4.78, 5) is 53.4. The topological polar surface area (TPSA) is 170 Å². The van der Waals surface area contributed by atoms with Crippen LogP contribution in [-0.2, 0) is 27.5 Å². The van der Waals surface area contributed by atoms with E-state index >= 15 is 0 Å². The van der Waals surface area contributed by atoms with Gasteiger partial charge in [0.2, 0.25) is 11.8 Å². The molecule has 3 heterocycles. The first-order valence-corrected chi connectivity index (χ1v) is 12.4. The first-order valence-electron chi connectivity index (χ1n) is 12.4. The van der Waals surface area contributed by atoms with E-state index in [-0.39, 0.29) is 43.2 Å². The fourth-order valence-electron chi connectivity index (χ4n) is 4.51. The molecule has 0 bridgehead atoms. The smallest absolute Gasteiger partial charge is 0.322 e. The van der Waals surface area contributed by atoms with E-state index in [0.29, 0.717) is 38.2 Å². The fourth-order valence-corrected chi connectivity index (χ4v) is 4.51. The van der Waals surface area contributed by atoms with Gasteiger partial charge in [-0.05, 0) is 47.9 Å². The number of nitrogens with zero attached hydrogens (tertiary/aromatic N) is 4. The lowest BCUT2D eigenvalue weighted by Gasteiger charge is -2.28. The molecule has 4 rings (SSSR count). The van der Waals surface area contributed by atoms with Crippen LogP contribution in [-0.4, -0.2) is 68.7 Å². The second-order valence-corrected chi connectivity index (χ2v) is 9.48. The number of carboxylic acids is 1. The number of halogens is 1. The van der Waals surface area contributed by atoms with E-state index < -0.39 is 17.9 Å². The van der Waals surface area contributed by atoms with Gasteiger partial charge in [-0.15, -0.1) is 12.4 Å². The zero-order valence-electron chi connectivity index (χ0n) is 21.5. The van der Waals surface area contributed by atoms with Crippen LogP contribution in [0.25, 0.3) is 0 Å². The van der Waals surface area contributed by atoms with E-state index in [4.69, 9.17) is 5.73 Å². The number of hydrogen-bond donors (Lipinski definition) is 4. The monoisotopic (exact) mass is 557 g/mol. The molecule has 5 N–H and O–H groups in total. The molecule has 2 aromatic rings. The van der Waals surface area contributed by atoms with Crippen LogP contribution in [0.2, 0.25) is 0 Å². The van der Waals surface area contributed by atoms with Crippen molar-refractivity contribution in [3.8, 4) is 0 Å². The molecule has 208 valence electrons. The van der Waals surface area contributed by atoms with Crippen LogP contribution in [0.1, 0.15) is 42.9 Å². The number of urea groups is 1. The molecule has 2 aliphatic rings. The van der Waals surface area contributed by atoms with Crippen molar-refractivity contribution < 1.29 is 24.3 Å². The Morgan fingerprint density at radius 2 is 1.87 bits per heavy atom. The zero-order valence-corrected chi connectivity index (χ0v) is 22.3. The highest BCUT2D eigenvalue weighted by molar-refractivity contribution is 6.06. The largest absolute Gasteiger partial charge is 0.480 e. The first-order chi connectivity index (χ1) is 18.2. The standard InChI is InChI=1S/C26H31N7O5.ClH/c1-16-11-23(35)33(10-2-8-29-21(25(36)37)12-22(27)34)31-24(16)17-3-5-20(6-4-17)30-26(38)32-14-18-7-9-28-13-19(18)15-32;/h3-7,9,13,16,21,29H,2,8,10-12,14-15H2,1H3,(H2,27,34)(H,30,38)(H,36,37);1H/t16?,21-;/m0./s1.